The topological polar surface area (TPSA) is 113 Å². The maximum absolute atomic E-state index is 5.37. The number of hydrogen-bond donors (Lipinski definition) is 2. The van der Waals surface area contributed by atoms with Crippen LogP contribution < -0.4 is 16.0 Å². The normalized spacial score (nSPS) is 10.4. The van der Waals surface area contributed by atoms with E-state index >= 15 is 0 Å². The van der Waals surface area contributed by atoms with E-state index in [1.807, 2.05) is 6.92 Å². The number of rotatable bonds is 7. The van der Waals surface area contributed by atoms with Crippen molar-refractivity contribution in [1.29, 1.82) is 0 Å². The van der Waals surface area contributed by atoms with Crippen molar-refractivity contribution in [1.82, 2.24) is 24.5 Å². The van der Waals surface area contributed by atoms with Gasteiger partial charge in [0.05, 0.1) is 6.61 Å². The summed E-state index contributed by atoms with van der Waals surface area (Å²) in [6.07, 6.45) is 4.90. The van der Waals surface area contributed by atoms with Crippen LogP contribution in [-0.2, 0) is 4.74 Å². The van der Waals surface area contributed by atoms with Crippen molar-refractivity contribution in [3.05, 3.63) is 18.7 Å². The van der Waals surface area contributed by atoms with Crippen LogP contribution in [0.5, 0.6) is 6.01 Å². The summed E-state index contributed by atoms with van der Waals surface area (Å²) in [5, 5.41) is 0. The van der Waals surface area contributed by atoms with Gasteiger partial charge >= 0.3 is 6.01 Å². The number of ether oxygens (including phenoxy) is 2. The molecule has 2 aromatic rings. The van der Waals surface area contributed by atoms with Crippen LogP contribution in [0.25, 0.3) is 5.95 Å². The first-order chi connectivity index (χ1) is 9.33. The molecule has 0 spiro atoms. The van der Waals surface area contributed by atoms with Crippen molar-refractivity contribution >= 4 is 5.95 Å². The summed E-state index contributed by atoms with van der Waals surface area (Å²) in [6, 6.07) is 0.173. The molecule has 0 bridgehead atoms. The second-order valence-electron chi connectivity index (χ2n) is 3.40. The molecule has 2 heterocycles. The van der Waals surface area contributed by atoms with Crippen LogP contribution in [0.4, 0.5) is 5.95 Å². The van der Waals surface area contributed by atoms with E-state index in [2.05, 4.69) is 25.4 Å². The Morgan fingerprint density at radius 3 is 2.89 bits per heavy atom. The fourth-order valence-corrected chi connectivity index (χ4v) is 1.30. The number of hydrogen-bond acceptors (Lipinski definition) is 8. The molecule has 9 nitrogen and oxygen atoms in total. The maximum atomic E-state index is 5.37. The number of imidazole rings is 1. The van der Waals surface area contributed by atoms with Crippen molar-refractivity contribution in [2.75, 3.05) is 25.2 Å². The third kappa shape index (κ3) is 3.60. The van der Waals surface area contributed by atoms with Crippen LogP contribution in [0, 0.1) is 0 Å². The first kappa shape index (κ1) is 13.2. The standard InChI is InChI=1S/C10H15N7O2/c1-2-18-5-6-19-10-14-8(16-11)13-9(15-10)17-4-3-12-7-17/h3-4,7H,2,5-6,11H2,1H3,(H,13,14,15,16). The largest absolute Gasteiger partial charge is 0.461 e. The number of aromatic nitrogens is 5. The zero-order valence-electron chi connectivity index (χ0n) is 10.5. The molecule has 3 N–H and O–H groups in total. The quantitative estimate of drug-likeness (QED) is 0.400. The van der Waals surface area contributed by atoms with Crippen LogP contribution in [0.1, 0.15) is 6.92 Å². The lowest BCUT2D eigenvalue weighted by atomic mass is 10.7. The lowest BCUT2D eigenvalue weighted by molar-refractivity contribution is 0.106. The Balaban J connectivity index is 2.12. The molecule has 0 saturated carbocycles. The van der Waals surface area contributed by atoms with E-state index in [0.29, 0.717) is 25.8 Å². The van der Waals surface area contributed by atoms with Crippen molar-refractivity contribution in [3.63, 3.8) is 0 Å². The summed E-state index contributed by atoms with van der Waals surface area (Å²) < 4.78 is 12.2. The molecule has 2 aromatic heterocycles. The highest BCUT2D eigenvalue weighted by atomic mass is 16.5. The van der Waals surface area contributed by atoms with Crippen molar-refractivity contribution < 1.29 is 9.47 Å². The summed E-state index contributed by atoms with van der Waals surface area (Å²) in [4.78, 5) is 16.2. The van der Waals surface area contributed by atoms with Gasteiger partial charge in [0.15, 0.2) is 0 Å². The molecule has 0 unspecified atom stereocenters. The second-order valence-corrected chi connectivity index (χ2v) is 3.40. The number of nitrogens with one attached hydrogen (secondary N) is 1. The molecular weight excluding hydrogens is 250 g/mol. The summed E-state index contributed by atoms with van der Waals surface area (Å²) in [7, 11) is 0. The molecule has 0 amide bonds. The Labute approximate surface area is 109 Å². The molecule has 19 heavy (non-hydrogen) atoms. The average molecular weight is 265 g/mol. The molecular formula is C10H15N7O2. The maximum Gasteiger partial charge on any atom is 0.323 e. The Kier molecular flexibility index (Phi) is 4.59. The number of anilines is 1. The summed E-state index contributed by atoms with van der Waals surface area (Å²) in [5.74, 6) is 5.89. The fraction of sp³-hybridized carbons (Fsp3) is 0.400. The van der Waals surface area contributed by atoms with Gasteiger partial charge in [-0.2, -0.15) is 15.0 Å². The number of nitrogen functional groups attached to an aromatic ring is 1. The highest BCUT2D eigenvalue weighted by molar-refractivity contribution is 5.28. The predicted octanol–water partition coefficient (Wildman–Crippen LogP) is -0.242. The predicted molar refractivity (Wildman–Crippen MR) is 66.7 cm³/mol. The van der Waals surface area contributed by atoms with Gasteiger partial charge in [0.2, 0.25) is 11.9 Å². The molecule has 0 fully saturated rings. The first-order valence-electron chi connectivity index (χ1n) is 5.75. The van der Waals surface area contributed by atoms with Gasteiger partial charge in [-0.15, -0.1) is 0 Å². The van der Waals surface area contributed by atoms with Gasteiger partial charge in [-0.3, -0.25) is 9.99 Å². The van der Waals surface area contributed by atoms with Crippen LogP contribution in [0.2, 0.25) is 0 Å². The zero-order chi connectivity index (χ0) is 13.5. The second kappa shape index (κ2) is 6.61. The first-order valence-corrected chi connectivity index (χ1v) is 5.75. The van der Waals surface area contributed by atoms with Gasteiger partial charge in [-0.25, -0.2) is 10.8 Å². The molecule has 0 aliphatic carbocycles. The highest BCUT2D eigenvalue weighted by Crippen LogP contribution is 2.10. The van der Waals surface area contributed by atoms with E-state index < -0.39 is 0 Å². The number of hydrazine groups is 1. The summed E-state index contributed by atoms with van der Waals surface area (Å²) in [5.41, 5.74) is 2.36. The molecule has 0 radical (unpaired) electrons. The smallest absolute Gasteiger partial charge is 0.323 e. The van der Waals surface area contributed by atoms with Crippen LogP contribution >= 0.6 is 0 Å². The summed E-state index contributed by atoms with van der Waals surface area (Å²) in [6.45, 7) is 3.37. The molecule has 0 atom stereocenters. The van der Waals surface area contributed by atoms with Gasteiger partial charge in [-0.05, 0) is 6.92 Å². The van der Waals surface area contributed by atoms with E-state index in [4.69, 9.17) is 15.3 Å². The third-order valence-electron chi connectivity index (χ3n) is 2.13. The minimum Gasteiger partial charge on any atom is -0.461 e. The van der Waals surface area contributed by atoms with Crippen LogP contribution in [0.15, 0.2) is 18.7 Å². The Bertz CT molecular complexity index is 503. The Morgan fingerprint density at radius 1 is 1.32 bits per heavy atom. The zero-order valence-corrected chi connectivity index (χ0v) is 10.5. The molecule has 0 saturated heterocycles. The summed E-state index contributed by atoms with van der Waals surface area (Å²) >= 11 is 0. The Hall–Kier alpha value is -2.26. The van der Waals surface area contributed by atoms with E-state index in [0.717, 1.165) is 0 Å². The van der Waals surface area contributed by atoms with Crippen molar-refractivity contribution in [2.45, 2.75) is 6.92 Å². The lowest BCUT2D eigenvalue weighted by Crippen LogP contribution is -2.15. The highest BCUT2D eigenvalue weighted by Gasteiger charge is 2.08. The van der Waals surface area contributed by atoms with Crippen molar-refractivity contribution in [2.24, 2.45) is 5.84 Å². The minimum absolute atomic E-state index is 0.173. The van der Waals surface area contributed by atoms with Crippen LogP contribution in [0.3, 0.4) is 0 Å². The fourth-order valence-electron chi connectivity index (χ4n) is 1.30. The molecule has 0 aliphatic rings. The number of nitrogens with zero attached hydrogens (tertiary/aromatic N) is 5. The Morgan fingerprint density at radius 2 is 2.21 bits per heavy atom. The lowest BCUT2D eigenvalue weighted by Gasteiger charge is -2.08. The van der Waals surface area contributed by atoms with Gasteiger partial charge in [0, 0.05) is 19.0 Å². The molecule has 2 rings (SSSR count). The van der Waals surface area contributed by atoms with Gasteiger partial charge < -0.3 is 9.47 Å². The molecule has 0 aliphatic heterocycles. The van der Waals surface area contributed by atoms with E-state index in [-0.39, 0.29) is 12.0 Å². The average Bonchev–Trinajstić information content (AvgIpc) is 2.97. The van der Waals surface area contributed by atoms with E-state index in [1.165, 1.54) is 0 Å². The third-order valence-corrected chi connectivity index (χ3v) is 2.13. The molecule has 0 aromatic carbocycles. The monoisotopic (exact) mass is 265 g/mol. The SMILES string of the molecule is CCOCCOc1nc(NN)nc(-n2ccnc2)n1. The minimum atomic E-state index is 0.173. The van der Waals surface area contributed by atoms with Gasteiger partial charge in [0.1, 0.15) is 12.9 Å². The van der Waals surface area contributed by atoms with E-state index in [9.17, 15) is 0 Å². The van der Waals surface area contributed by atoms with Gasteiger partial charge in [0.25, 0.3) is 0 Å². The molecule has 9 heteroatoms. The number of nitrogens with two attached hydrogens (primary N) is 1. The molecule has 102 valence electrons. The van der Waals surface area contributed by atoms with Crippen LogP contribution in [-0.4, -0.2) is 44.3 Å². The van der Waals surface area contributed by atoms with Gasteiger partial charge in [-0.1, -0.05) is 0 Å². The van der Waals surface area contributed by atoms with E-state index in [1.54, 1.807) is 23.3 Å². The van der Waals surface area contributed by atoms with Crippen molar-refractivity contribution in [3.8, 4) is 12.0 Å².